The van der Waals surface area contributed by atoms with E-state index in [0.717, 1.165) is 61.0 Å². The van der Waals surface area contributed by atoms with E-state index in [2.05, 4.69) is 62.0 Å². The first kappa shape index (κ1) is 31.2. The Balaban J connectivity index is 1.04. The van der Waals surface area contributed by atoms with E-state index in [9.17, 15) is 2.74 Å². The van der Waals surface area contributed by atoms with Crippen molar-refractivity contribution in [1.82, 2.24) is 14.1 Å². The van der Waals surface area contributed by atoms with Gasteiger partial charge in [-0.2, -0.15) is 0 Å². The van der Waals surface area contributed by atoms with E-state index in [4.69, 9.17) is 20.7 Å². The average Bonchev–Trinajstić information content (AvgIpc) is 4.24. The number of pyridine rings is 1. The number of para-hydroxylation sites is 3. The lowest BCUT2D eigenvalue weighted by Crippen LogP contribution is -2.32. The van der Waals surface area contributed by atoms with Gasteiger partial charge >= 0.3 is 0 Å². The fourth-order valence-corrected chi connectivity index (χ4v) is 9.91. The van der Waals surface area contributed by atoms with Crippen LogP contribution < -0.4 is 9.30 Å². The molecular weight excluding hydrogens is 841 g/mol. The molecule has 328 valence electrons. The molecule has 0 bridgehead atoms. The predicted octanol–water partition coefficient (Wildman–Crippen LogP) is 15.9. The van der Waals surface area contributed by atoms with E-state index in [-0.39, 0.29) is 28.6 Å². The Kier molecular flexibility index (Phi) is 7.21. The number of aromatic nitrogens is 4. The Morgan fingerprint density at radius 1 is 0.507 bits per heavy atom. The molecular formula is C64H46N4O. The van der Waals surface area contributed by atoms with Gasteiger partial charge in [0.15, 0.2) is 0 Å². The van der Waals surface area contributed by atoms with Gasteiger partial charge in [0.25, 0.3) is 6.33 Å². The van der Waals surface area contributed by atoms with Crippen LogP contribution in [0.25, 0.3) is 106 Å². The Bertz CT molecular complexity index is 4540. The minimum Gasteiger partial charge on any atom is -0.458 e. The fourth-order valence-electron chi connectivity index (χ4n) is 9.91. The molecule has 0 saturated heterocycles. The molecule has 69 heavy (non-hydrogen) atoms. The van der Waals surface area contributed by atoms with E-state index in [1.54, 1.807) is 18.2 Å². The van der Waals surface area contributed by atoms with Crippen molar-refractivity contribution in [3.8, 4) is 84.3 Å². The van der Waals surface area contributed by atoms with Crippen molar-refractivity contribution in [2.24, 2.45) is 0 Å². The third kappa shape index (κ3) is 6.77. The van der Waals surface area contributed by atoms with E-state index in [0.29, 0.717) is 50.6 Å². The van der Waals surface area contributed by atoms with Crippen molar-refractivity contribution < 1.29 is 23.0 Å². The molecule has 5 heteroatoms. The topological polar surface area (TPSA) is 35.9 Å². The monoisotopic (exact) mass is 896 g/mol. The summed E-state index contributed by atoms with van der Waals surface area (Å²) in [6, 6.07) is 46.7. The molecule has 9 aromatic carbocycles. The molecule has 13 rings (SSSR count). The quantitative estimate of drug-likeness (QED) is 0.123. The Labute approximate surface area is 415 Å². The minimum atomic E-state index is -0.524. The second-order valence-electron chi connectivity index (χ2n) is 18.2. The van der Waals surface area contributed by atoms with Crippen molar-refractivity contribution in [2.45, 2.75) is 26.2 Å². The highest BCUT2D eigenvalue weighted by atomic mass is 16.5. The van der Waals surface area contributed by atoms with E-state index in [1.165, 1.54) is 0 Å². The van der Waals surface area contributed by atoms with Crippen LogP contribution in [0.1, 0.15) is 40.0 Å². The van der Waals surface area contributed by atoms with Crippen LogP contribution in [0.5, 0.6) is 11.5 Å². The standard InChI is InChI=1S/C64H46N4O/c1-64(2,3)45-35-36-65-61(38-45)68-58-29-13-12-25-53(58)54-34-32-48(40-60(54)68)69-47-22-14-21-46(39-47)66-41-67-62-49(43-19-8-5-9-20-43)26-15-27-56(62)57-37-44(42-17-6-4-7-18-42)31-33-52(57)50-23-10-11-24-51(50)55-28-16-30-59(66)63(55)67/h4-40H,1-3H3/i4D,5D,6D,7D,8D,9D,17D,18D,19D,20D. The SMILES string of the molecule is [2H]c1c([2H])c([2H])c(-c2ccc3c(c2)-c2cccc(-c4c([2H])c([2H])c([2H])c([2H])c4[2H])c2-[n+]2[c-]n(-c4cccc(Oc5ccc6c7ccccc7n(-c7cc(C(C)(C)C)ccn7)c6c5)c4)c4cccc(c42)-c2ccccc2-3)c([2H])c1[2H]. The first-order valence-electron chi connectivity index (χ1n) is 27.8. The van der Waals surface area contributed by atoms with E-state index in [1.807, 2.05) is 125 Å². The van der Waals surface area contributed by atoms with Gasteiger partial charge in [0.05, 0.1) is 47.1 Å². The minimum absolute atomic E-state index is 0.0219. The van der Waals surface area contributed by atoms with Crippen LogP contribution in [-0.4, -0.2) is 14.1 Å². The summed E-state index contributed by atoms with van der Waals surface area (Å²) >= 11 is 0. The van der Waals surface area contributed by atoms with Gasteiger partial charge in [0, 0.05) is 23.0 Å². The molecule has 0 N–H and O–H groups in total. The third-order valence-electron chi connectivity index (χ3n) is 13.1. The highest BCUT2D eigenvalue weighted by molar-refractivity contribution is 6.09. The molecule has 1 aliphatic rings. The van der Waals surface area contributed by atoms with Gasteiger partial charge in [-0.3, -0.25) is 13.7 Å². The van der Waals surface area contributed by atoms with Crippen molar-refractivity contribution >= 4 is 32.8 Å². The lowest BCUT2D eigenvalue weighted by atomic mass is 9.86. The lowest BCUT2D eigenvalue weighted by molar-refractivity contribution is -0.570. The zero-order valence-electron chi connectivity index (χ0n) is 47.8. The molecule has 5 nitrogen and oxygen atoms in total. The summed E-state index contributed by atoms with van der Waals surface area (Å²) in [7, 11) is 0. The Morgan fingerprint density at radius 2 is 1.16 bits per heavy atom. The molecule has 4 heterocycles. The first-order chi connectivity index (χ1) is 38.0. The summed E-state index contributed by atoms with van der Waals surface area (Å²) in [6.07, 6.45) is 5.55. The maximum atomic E-state index is 9.33. The van der Waals surface area contributed by atoms with Gasteiger partial charge in [0.2, 0.25) is 0 Å². The van der Waals surface area contributed by atoms with Gasteiger partial charge in [-0.1, -0.05) is 178 Å². The summed E-state index contributed by atoms with van der Waals surface area (Å²) in [5.74, 6) is 1.96. The second kappa shape index (κ2) is 15.9. The number of hydrogen-bond donors (Lipinski definition) is 0. The van der Waals surface area contributed by atoms with Gasteiger partial charge in [-0.05, 0) is 121 Å². The van der Waals surface area contributed by atoms with Gasteiger partial charge < -0.3 is 4.74 Å². The number of nitrogens with zero attached hydrogens (tertiary/aromatic N) is 4. The zero-order chi connectivity index (χ0) is 54.9. The highest BCUT2D eigenvalue weighted by Crippen LogP contribution is 2.46. The van der Waals surface area contributed by atoms with Crippen LogP contribution >= 0.6 is 0 Å². The van der Waals surface area contributed by atoms with Gasteiger partial charge in [-0.25, -0.2) is 4.98 Å². The molecule has 0 saturated carbocycles. The molecule has 0 fully saturated rings. The normalized spacial score (nSPS) is 14.0. The van der Waals surface area contributed by atoms with E-state index >= 15 is 0 Å². The van der Waals surface area contributed by atoms with Crippen molar-refractivity contribution in [3.05, 3.63) is 236 Å². The number of fused-ring (bicyclic) bond motifs is 10. The highest BCUT2D eigenvalue weighted by Gasteiger charge is 2.27. The third-order valence-corrected chi connectivity index (χ3v) is 13.1. The molecule has 0 radical (unpaired) electrons. The molecule has 0 aliphatic carbocycles. The van der Waals surface area contributed by atoms with Gasteiger partial charge in [-0.15, -0.1) is 0 Å². The first-order valence-corrected chi connectivity index (χ1v) is 22.8. The van der Waals surface area contributed by atoms with Crippen LogP contribution in [0.2, 0.25) is 0 Å². The smallest absolute Gasteiger partial charge is 0.269 e. The summed E-state index contributed by atoms with van der Waals surface area (Å²) in [5, 5.41) is 2.15. The molecule has 0 unspecified atom stereocenters. The largest absolute Gasteiger partial charge is 0.458 e. The Morgan fingerprint density at radius 3 is 1.99 bits per heavy atom. The fraction of sp³-hybridized carbons (Fsp3) is 0.0625. The van der Waals surface area contributed by atoms with Crippen molar-refractivity contribution in [2.75, 3.05) is 0 Å². The van der Waals surface area contributed by atoms with Crippen LogP contribution in [0.3, 0.4) is 0 Å². The summed E-state index contributed by atoms with van der Waals surface area (Å²) in [6.45, 7) is 6.57. The Hall–Kier alpha value is -8.80. The number of hydrogen-bond acceptors (Lipinski definition) is 2. The van der Waals surface area contributed by atoms with Crippen molar-refractivity contribution in [1.29, 1.82) is 0 Å². The molecule has 12 aromatic rings. The number of imidazole rings is 1. The van der Waals surface area contributed by atoms with Crippen LogP contribution in [0, 0.1) is 6.33 Å². The lowest BCUT2D eigenvalue weighted by Gasteiger charge is -2.20. The summed E-state index contributed by atoms with van der Waals surface area (Å²) in [5.41, 5.74) is 10.7. The number of rotatable bonds is 6. The molecule has 1 aliphatic heterocycles. The van der Waals surface area contributed by atoms with Crippen LogP contribution in [-0.2, 0) is 5.41 Å². The van der Waals surface area contributed by atoms with Crippen LogP contribution in [0.4, 0.5) is 0 Å². The summed E-state index contributed by atoms with van der Waals surface area (Å²) in [4.78, 5) is 4.87. The van der Waals surface area contributed by atoms with E-state index < -0.39 is 48.3 Å². The molecule has 3 aromatic heterocycles. The maximum absolute atomic E-state index is 9.33. The number of ether oxygens (including phenoxy) is 1. The maximum Gasteiger partial charge on any atom is 0.269 e. The molecule has 0 atom stereocenters. The van der Waals surface area contributed by atoms with Crippen molar-refractivity contribution in [3.63, 3.8) is 0 Å². The molecule has 0 amide bonds. The second-order valence-corrected chi connectivity index (χ2v) is 18.2. The zero-order valence-corrected chi connectivity index (χ0v) is 37.8. The average molecular weight is 897 g/mol. The predicted molar refractivity (Wildman–Crippen MR) is 282 cm³/mol. The molecule has 0 spiro atoms. The summed E-state index contributed by atoms with van der Waals surface area (Å²) < 4.78 is 101. The van der Waals surface area contributed by atoms with Gasteiger partial charge in [0.1, 0.15) is 17.3 Å². The number of benzene rings is 9. The van der Waals surface area contributed by atoms with Crippen LogP contribution in [0.15, 0.2) is 224 Å².